The minimum Gasteiger partial charge on any atom is -0.477 e. The number of anilines is 1. The van der Waals surface area contributed by atoms with Crippen molar-refractivity contribution >= 4 is 23.0 Å². The van der Waals surface area contributed by atoms with Crippen LogP contribution in [0.4, 0.5) is 5.69 Å². The molecule has 2 heterocycles. The first-order valence-electron chi connectivity index (χ1n) is 5.07. The monoisotopic (exact) mass is 251 g/mol. The minimum atomic E-state index is -0.879. The van der Waals surface area contributed by atoms with Gasteiger partial charge in [-0.2, -0.15) is 5.10 Å². The van der Waals surface area contributed by atoms with Crippen molar-refractivity contribution in [2.45, 2.75) is 6.54 Å². The summed E-state index contributed by atoms with van der Waals surface area (Å²) in [6, 6.07) is 1.68. The molecule has 0 aliphatic rings. The first-order valence-corrected chi connectivity index (χ1v) is 5.94. The van der Waals surface area contributed by atoms with Gasteiger partial charge in [-0.25, -0.2) is 4.79 Å². The Morgan fingerprint density at radius 1 is 1.65 bits per heavy atom. The second-order valence-electron chi connectivity index (χ2n) is 3.85. The number of carboxylic acid groups (broad SMARTS) is 1. The first kappa shape index (κ1) is 11.7. The third-order valence-electron chi connectivity index (χ3n) is 2.42. The molecule has 0 saturated heterocycles. The van der Waals surface area contributed by atoms with Gasteiger partial charge in [0.25, 0.3) is 0 Å². The molecule has 0 aromatic carbocycles. The molecule has 0 aliphatic carbocycles. The number of hydrogen-bond donors (Lipinski definition) is 1. The van der Waals surface area contributed by atoms with E-state index in [-0.39, 0.29) is 0 Å². The Balaban J connectivity index is 2.08. The van der Waals surface area contributed by atoms with E-state index in [4.69, 9.17) is 5.11 Å². The molecule has 6 heteroatoms. The van der Waals surface area contributed by atoms with E-state index in [0.29, 0.717) is 11.4 Å². The van der Waals surface area contributed by atoms with Crippen LogP contribution in [0.25, 0.3) is 0 Å². The van der Waals surface area contributed by atoms with Crippen molar-refractivity contribution in [2.24, 2.45) is 7.05 Å². The van der Waals surface area contributed by atoms with Crippen molar-refractivity contribution in [3.05, 3.63) is 34.3 Å². The highest BCUT2D eigenvalue weighted by atomic mass is 32.1. The second kappa shape index (κ2) is 4.58. The van der Waals surface area contributed by atoms with Gasteiger partial charge in [0.05, 0.1) is 6.20 Å². The molecular weight excluding hydrogens is 238 g/mol. The third kappa shape index (κ3) is 2.65. The Morgan fingerprint density at radius 2 is 2.41 bits per heavy atom. The molecule has 2 rings (SSSR count). The molecule has 2 aromatic heterocycles. The summed E-state index contributed by atoms with van der Waals surface area (Å²) in [7, 11) is 3.80. The van der Waals surface area contributed by atoms with E-state index in [1.54, 1.807) is 16.9 Å². The molecule has 0 spiro atoms. The fraction of sp³-hybridized carbons (Fsp3) is 0.273. The van der Waals surface area contributed by atoms with E-state index >= 15 is 0 Å². The molecular formula is C11H13N3O2S. The van der Waals surface area contributed by atoms with Crippen LogP contribution in [-0.4, -0.2) is 27.9 Å². The number of aromatic carboxylic acids is 1. The molecule has 0 atom stereocenters. The van der Waals surface area contributed by atoms with Crippen molar-refractivity contribution in [3.8, 4) is 0 Å². The SMILES string of the molecule is CN(Cc1cnn(C)c1)c1csc(C(=O)O)c1. The summed E-state index contributed by atoms with van der Waals surface area (Å²) in [5.41, 5.74) is 2.01. The molecule has 0 saturated carbocycles. The van der Waals surface area contributed by atoms with Crippen LogP contribution in [0.1, 0.15) is 15.2 Å². The summed E-state index contributed by atoms with van der Waals surface area (Å²) in [4.78, 5) is 13.1. The van der Waals surface area contributed by atoms with E-state index in [0.717, 1.165) is 11.3 Å². The predicted octanol–water partition coefficient (Wildman–Crippen LogP) is 1.82. The maximum atomic E-state index is 10.8. The Bertz CT molecular complexity index is 532. The van der Waals surface area contributed by atoms with Gasteiger partial charge in [0.1, 0.15) is 4.88 Å². The summed E-state index contributed by atoms with van der Waals surface area (Å²) in [5.74, 6) is -0.879. The molecule has 0 fully saturated rings. The van der Waals surface area contributed by atoms with Gasteiger partial charge in [0.15, 0.2) is 0 Å². The maximum Gasteiger partial charge on any atom is 0.345 e. The summed E-state index contributed by atoms with van der Waals surface area (Å²) in [6.45, 7) is 0.712. The number of aryl methyl sites for hydroxylation is 1. The second-order valence-corrected chi connectivity index (χ2v) is 4.76. The highest BCUT2D eigenvalue weighted by Gasteiger charge is 2.10. The topological polar surface area (TPSA) is 58.4 Å². The summed E-state index contributed by atoms with van der Waals surface area (Å²) < 4.78 is 1.75. The van der Waals surface area contributed by atoms with Crippen molar-refractivity contribution in [3.63, 3.8) is 0 Å². The number of rotatable bonds is 4. The summed E-state index contributed by atoms with van der Waals surface area (Å²) >= 11 is 1.24. The highest BCUT2D eigenvalue weighted by molar-refractivity contribution is 7.12. The fourth-order valence-corrected chi connectivity index (χ4v) is 2.34. The van der Waals surface area contributed by atoms with Crippen molar-refractivity contribution in [1.82, 2.24) is 9.78 Å². The van der Waals surface area contributed by atoms with E-state index in [9.17, 15) is 4.79 Å². The van der Waals surface area contributed by atoms with Gasteiger partial charge < -0.3 is 10.0 Å². The quantitative estimate of drug-likeness (QED) is 0.900. The predicted molar refractivity (Wildman–Crippen MR) is 66.6 cm³/mol. The van der Waals surface area contributed by atoms with E-state index in [1.807, 2.05) is 30.6 Å². The fourth-order valence-electron chi connectivity index (χ4n) is 1.56. The van der Waals surface area contributed by atoms with Crippen LogP contribution in [0.5, 0.6) is 0 Å². The molecule has 0 aliphatic heterocycles. The highest BCUT2D eigenvalue weighted by Crippen LogP contribution is 2.23. The standard InChI is InChI=1S/C11H13N3O2S/c1-13(5-8-4-12-14(2)6-8)9-3-10(11(15)16)17-7-9/h3-4,6-7H,5H2,1-2H3,(H,15,16). The van der Waals surface area contributed by atoms with Gasteiger partial charge in [0, 0.05) is 43.5 Å². The lowest BCUT2D eigenvalue weighted by atomic mass is 10.3. The van der Waals surface area contributed by atoms with Gasteiger partial charge in [-0.3, -0.25) is 4.68 Å². The Morgan fingerprint density at radius 3 is 2.94 bits per heavy atom. The smallest absolute Gasteiger partial charge is 0.345 e. The largest absolute Gasteiger partial charge is 0.477 e. The van der Waals surface area contributed by atoms with Crippen LogP contribution in [0.3, 0.4) is 0 Å². The average molecular weight is 251 g/mol. The number of thiophene rings is 1. The van der Waals surface area contributed by atoms with Crippen LogP contribution in [0, 0.1) is 0 Å². The summed E-state index contributed by atoms with van der Waals surface area (Å²) in [5, 5.41) is 14.8. The van der Waals surface area contributed by atoms with Gasteiger partial charge >= 0.3 is 5.97 Å². The van der Waals surface area contributed by atoms with Gasteiger partial charge in [-0.15, -0.1) is 11.3 Å². The number of hydrogen-bond acceptors (Lipinski definition) is 4. The van der Waals surface area contributed by atoms with Crippen LogP contribution < -0.4 is 4.90 Å². The maximum absolute atomic E-state index is 10.8. The lowest BCUT2D eigenvalue weighted by Crippen LogP contribution is -2.15. The molecule has 0 amide bonds. The zero-order valence-corrected chi connectivity index (χ0v) is 10.4. The molecule has 0 radical (unpaired) electrons. The average Bonchev–Trinajstić information content (AvgIpc) is 2.86. The molecule has 17 heavy (non-hydrogen) atoms. The van der Waals surface area contributed by atoms with Gasteiger partial charge in [0.2, 0.25) is 0 Å². The zero-order valence-electron chi connectivity index (χ0n) is 9.62. The Labute approximate surface area is 103 Å². The van der Waals surface area contributed by atoms with E-state index in [1.165, 1.54) is 11.3 Å². The molecule has 0 unspecified atom stereocenters. The molecule has 90 valence electrons. The Hall–Kier alpha value is -1.82. The Kier molecular flexibility index (Phi) is 3.14. The molecule has 2 aromatic rings. The van der Waals surface area contributed by atoms with Crippen LogP contribution in [-0.2, 0) is 13.6 Å². The summed E-state index contributed by atoms with van der Waals surface area (Å²) in [6.07, 6.45) is 3.75. The van der Waals surface area contributed by atoms with Gasteiger partial charge in [-0.1, -0.05) is 0 Å². The first-order chi connectivity index (χ1) is 8.06. The molecule has 5 nitrogen and oxygen atoms in total. The molecule has 1 N–H and O–H groups in total. The minimum absolute atomic E-state index is 0.359. The third-order valence-corrected chi connectivity index (χ3v) is 3.32. The van der Waals surface area contributed by atoms with Gasteiger partial charge in [-0.05, 0) is 6.07 Å². The van der Waals surface area contributed by atoms with Crippen molar-refractivity contribution < 1.29 is 9.90 Å². The van der Waals surface area contributed by atoms with Crippen LogP contribution >= 0.6 is 11.3 Å². The van der Waals surface area contributed by atoms with Crippen LogP contribution in [0.2, 0.25) is 0 Å². The van der Waals surface area contributed by atoms with Crippen molar-refractivity contribution in [1.29, 1.82) is 0 Å². The number of nitrogens with zero attached hydrogens (tertiary/aromatic N) is 3. The molecule has 0 bridgehead atoms. The number of carbonyl (C=O) groups is 1. The van der Waals surface area contributed by atoms with Crippen LogP contribution in [0.15, 0.2) is 23.8 Å². The zero-order chi connectivity index (χ0) is 12.4. The number of carboxylic acids is 1. The normalized spacial score (nSPS) is 10.5. The van der Waals surface area contributed by atoms with Crippen molar-refractivity contribution in [2.75, 3.05) is 11.9 Å². The number of aromatic nitrogens is 2. The lowest BCUT2D eigenvalue weighted by molar-refractivity contribution is 0.0702. The lowest BCUT2D eigenvalue weighted by Gasteiger charge is -2.15. The van der Waals surface area contributed by atoms with E-state index in [2.05, 4.69) is 5.10 Å². The van der Waals surface area contributed by atoms with E-state index < -0.39 is 5.97 Å².